The standard InChI is InChI=1S/C25H39N5O/c1-26-25(27-17-23-13-8-15-29(23)18-20-9-4-2-5-10-20)28-22-14-16-30(19-22)24(31)21-11-6-3-7-12-21/h2,4-5,9-10,21-23H,3,6-8,11-19H2,1H3,(H2,26,27,28). The third-order valence-corrected chi connectivity index (χ3v) is 7.25. The van der Waals surface area contributed by atoms with Gasteiger partial charge in [-0.2, -0.15) is 0 Å². The Morgan fingerprint density at radius 2 is 1.84 bits per heavy atom. The van der Waals surface area contributed by atoms with Crippen LogP contribution >= 0.6 is 0 Å². The summed E-state index contributed by atoms with van der Waals surface area (Å²) in [5.41, 5.74) is 1.38. The van der Waals surface area contributed by atoms with E-state index in [0.717, 1.165) is 57.9 Å². The average molecular weight is 426 g/mol. The Morgan fingerprint density at radius 1 is 1.03 bits per heavy atom. The van der Waals surface area contributed by atoms with E-state index in [0.29, 0.717) is 18.0 Å². The molecule has 3 fully saturated rings. The van der Waals surface area contributed by atoms with Gasteiger partial charge in [-0.1, -0.05) is 49.6 Å². The number of likely N-dealkylation sites (tertiary alicyclic amines) is 2. The van der Waals surface area contributed by atoms with Crippen molar-refractivity contribution in [2.24, 2.45) is 10.9 Å². The van der Waals surface area contributed by atoms with Gasteiger partial charge in [-0.05, 0) is 44.2 Å². The van der Waals surface area contributed by atoms with Crippen molar-refractivity contribution in [3.05, 3.63) is 35.9 Å². The maximum Gasteiger partial charge on any atom is 0.225 e. The van der Waals surface area contributed by atoms with Gasteiger partial charge >= 0.3 is 0 Å². The zero-order valence-electron chi connectivity index (χ0n) is 19.1. The van der Waals surface area contributed by atoms with Gasteiger partial charge in [0, 0.05) is 51.2 Å². The highest BCUT2D eigenvalue weighted by Crippen LogP contribution is 2.27. The highest BCUT2D eigenvalue weighted by atomic mass is 16.2. The first-order chi connectivity index (χ1) is 15.2. The van der Waals surface area contributed by atoms with Crippen LogP contribution in [0.4, 0.5) is 0 Å². The molecular formula is C25H39N5O. The summed E-state index contributed by atoms with van der Waals surface area (Å²) in [4.78, 5) is 21.9. The smallest absolute Gasteiger partial charge is 0.225 e. The molecule has 1 aromatic rings. The second kappa shape index (κ2) is 11.0. The molecule has 6 nitrogen and oxygen atoms in total. The number of guanidine groups is 1. The number of amides is 1. The first-order valence-electron chi connectivity index (χ1n) is 12.3. The van der Waals surface area contributed by atoms with Crippen molar-refractivity contribution >= 4 is 11.9 Å². The Balaban J connectivity index is 1.22. The van der Waals surface area contributed by atoms with Gasteiger partial charge < -0.3 is 15.5 Å². The molecule has 1 aliphatic carbocycles. The second-order valence-electron chi connectivity index (χ2n) is 9.45. The van der Waals surface area contributed by atoms with Crippen LogP contribution in [0.25, 0.3) is 0 Å². The van der Waals surface area contributed by atoms with Crippen molar-refractivity contribution in [2.45, 2.75) is 70.0 Å². The van der Waals surface area contributed by atoms with Gasteiger partial charge in [-0.15, -0.1) is 0 Å². The fourth-order valence-corrected chi connectivity index (χ4v) is 5.44. The van der Waals surface area contributed by atoms with Gasteiger partial charge in [0.1, 0.15) is 0 Å². The lowest BCUT2D eigenvalue weighted by Gasteiger charge is -2.27. The molecule has 0 bridgehead atoms. The van der Waals surface area contributed by atoms with Gasteiger partial charge in [0.15, 0.2) is 5.96 Å². The molecular weight excluding hydrogens is 386 g/mol. The molecule has 2 atom stereocenters. The van der Waals surface area contributed by atoms with E-state index in [4.69, 9.17) is 0 Å². The van der Waals surface area contributed by atoms with Crippen LogP contribution < -0.4 is 10.6 Å². The summed E-state index contributed by atoms with van der Waals surface area (Å²) in [7, 11) is 1.84. The predicted octanol–water partition coefficient (Wildman–Crippen LogP) is 3.00. The summed E-state index contributed by atoms with van der Waals surface area (Å²) in [6, 6.07) is 11.6. The maximum absolute atomic E-state index is 12.8. The summed E-state index contributed by atoms with van der Waals surface area (Å²) in [5.74, 6) is 1.51. The van der Waals surface area contributed by atoms with E-state index in [1.807, 2.05) is 7.05 Å². The predicted molar refractivity (Wildman–Crippen MR) is 126 cm³/mol. The van der Waals surface area contributed by atoms with Crippen LogP contribution in [0.1, 0.15) is 56.9 Å². The molecule has 31 heavy (non-hydrogen) atoms. The lowest BCUT2D eigenvalue weighted by molar-refractivity contribution is -0.135. The number of hydrogen-bond acceptors (Lipinski definition) is 3. The molecule has 3 aliphatic rings. The number of nitrogens with zero attached hydrogens (tertiary/aromatic N) is 3. The lowest BCUT2D eigenvalue weighted by Crippen LogP contribution is -2.48. The number of nitrogens with one attached hydrogen (secondary N) is 2. The summed E-state index contributed by atoms with van der Waals surface area (Å²) in [5, 5.41) is 7.12. The highest BCUT2D eigenvalue weighted by Gasteiger charge is 2.32. The molecule has 2 saturated heterocycles. The number of rotatable bonds is 6. The molecule has 0 aromatic heterocycles. The van der Waals surface area contributed by atoms with Crippen molar-refractivity contribution in [1.29, 1.82) is 0 Å². The van der Waals surface area contributed by atoms with E-state index in [1.54, 1.807) is 0 Å². The average Bonchev–Trinajstić information content (AvgIpc) is 3.47. The van der Waals surface area contributed by atoms with Crippen molar-refractivity contribution in [2.75, 3.05) is 33.2 Å². The Morgan fingerprint density at radius 3 is 2.61 bits per heavy atom. The third kappa shape index (κ3) is 6.00. The van der Waals surface area contributed by atoms with Crippen LogP contribution in [-0.4, -0.2) is 67.0 Å². The highest BCUT2D eigenvalue weighted by molar-refractivity contribution is 5.81. The lowest BCUT2D eigenvalue weighted by atomic mass is 9.88. The third-order valence-electron chi connectivity index (χ3n) is 7.25. The SMILES string of the molecule is CN=C(NCC1CCCN1Cc1ccccc1)NC1CCN(C(=O)C2CCCCC2)C1. The minimum absolute atomic E-state index is 0.267. The first kappa shape index (κ1) is 22.1. The molecule has 0 radical (unpaired) electrons. The number of aliphatic imine (C=N–C) groups is 1. The second-order valence-corrected chi connectivity index (χ2v) is 9.45. The number of carbonyl (C=O) groups is 1. The molecule has 1 saturated carbocycles. The Hall–Kier alpha value is -2.08. The topological polar surface area (TPSA) is 60.0 Å². The zero-order chi connectivity index (χ0) is 21.5. The van der Waals surface area contributed by atoms with Crippen LogP contribution in [0, 0.1) is 5.92 Å². The first-order valence-corrected chi connectivity index (χ1v) is 12.3. The minimum Gasteiger partial charge on any atom is -0.355 e. The van der Waals surface area contributed by atoms with Crippen LogP contribution in [0.5, 0.6) is 0 Å². The van der Waals surface area contributed by atoms with Crippen molar-refractivity contribution in [3.8, 4) is 0 Å². The summed E-state index contributed by atoms with van der Waals surface area (Å²) >= 11 is 0. The summed E-state index contributed by atoms with van der Waals surface area (Å²) in [6.45, 7) is 4.76. The molecule has 1 amide bonds. The molecule has 6 heteroatoms. The fraction of sp³-hybridized carbons (Fsp3) is 0.680. The number of hydrogen-bond donors (Lipinski definition) is 2. The van der Waals surface area contributed by atoms with E-state index < -0.39 is 0 Å². The van der Waals surface area contributed by atoms with Gasteiger partial charge in [0.25, 0.3) is 0 Å². The van der Waals surface area contributed by atoms with Gasteiger partial charge in [-0.25, -0.2) is 0 Å². The molecule has 2 aliphatic heterocycles. The molecule has 0 spiro atoms. The van der Waals surface area contributed by atoms with E-state index in [2.05, 4.69) is 55.8 Å². The van der Waals surface area contributed by atoms with Gasteiger partial charge in [0.05, 0.1) is 0 Å². The largest absolute Gasteiger partial charge is 0.355 e. The maximum atomic E-state index is 12.8. The molecule has 4 rings (SSSR count). The van der Waals surface area contributed by atoms with Crippen LogP contribution in [0.15, 0.2) is 35.3 Å². The molecule has 2 heterocycles. The zero-order valence-corrected chi connectivity index (χ0v) is 19.1. The van der Waals surface area contributed by atoms with E-state index >= 15 is 0 Å². The van der Waals surface area contributed by atoms with Gasteiger partial charge in [0.2, 0.25) is 5.91 Å². The van der Waals surface area contributed by atoms with Gasteiger partial charge in [-0.3, -0.25) is 14.7 Å². The molecule has 1 aromatic carbocycles. The number of benzene rings is 1. The monoisotopic (exact) mass is 425 g/mol. The van der Waals surface area contributed by atoms with Crippen LogP contribution in [0.2, 0.25) is 0 Å². The van der Waals surface area contributed by atoms with Crippen LogP contribution in [0.3, 0.4) is 0 Å². The number of carbonyl (C=O) groups excluding carboxylic acids is 1. The Kier molecular flexibility index (Phi) is 7.84. The van der Waals surface area contributed by atoms with E-state index in [9.17, 15) is 4.79 Å². The molecule has 2 N–H and O–H groups in total. The van der Waals surface area contributed by atoms with Crippen molar-refractivity contribution < 1.29 is 4.79 Å². The van der Waals surface area contributed by atoms with E-state index in [1.165, 1.54) is 37.7 Å². The fourth-order valence-electron chi connectivity index (χ4n) is 5.44. The Bertz CT molecular complexity index is 731. The van der Waals surface area contributed by atoms with Crippen LogP contribution in [-0.2, 0) is 11.3 Å². The minimum atomic E-state index is 0.267. The van der Waals surface area contributed by atoms with Crippen molar-refractivity contribution in [1.82, 2.24) is 20.4 Å². The molecule has 2 unspecified atom stereocenters. The Labute approximate surface area is 187 Å². The quantitative estimate of drug-likeness (QED) is 0.543. The van der Waals surface area contributed by atoms with Crippen molar-refractivity contribution in [3.63, 3.8) is 0 Å². The summed E-state index contributed by atoms with van der Waals surface area (Å²) < 4.78 is 0. The normalized spacial score (nSPS) is 25.7. The molecule has 170 valence electrons. The summed E-state index contributed by atoms with van der Waals surface area (Å²) in [6.07, 6.45) is 9.36. The van der Waals surface area contributed by atoms with E-state index in [-0.39, 0.29) is 5.92 Å².